The second-order valence-electron chi connectivity index (χ2n) is 12.6. The Labute approximate surface area is 202 Å². The van der Waals surface area contributed by atoms with E-state index in [1.54, 1.807) is 0 Å². The lowest BCUT2D eigenvalue weighted by Gasteiger charge is -2.60. The minimum atomic E-state index is -1.86. The molecule has 5 rings (SSSR count). The van der Waals surface area contributed by atoms with Crippen LogP contribution in [0, 0.1) is 34.0 Å². The van der Waals surface area contributed by atoms with Crippen molar-refractivity contribution >= 4 is 14.1 Å². The SMILES string of the molecule is CC[Si](CC)(CC)O[C@H]1C2=C[C@@H](C)[C@]1(C)CC(=O)[C@]1(C)C(C)CC[C@]23CCC2(OCCO2)C31. The highest BCUT2D eigenvalue weighted by molar-refractivity contribution is 6.73. The van der Waals surface area contributed by atoms with Crippen LogP contribution in [0.5, 0.6) is 0 Å². The number of fused-ring (bicyclic) bond motifs is 2. The van der Waals surface area contributed by atoms with Gasteiger partial charge in [0.2, 0.25) is 0 Å². The summed E-state index contributed by atoms with van der Waals surface area (Å²) in [6, 6.07) is 3.43. The molecular weight excluding hydrogens is 428 g/mol. The zero-order valence-corrected chi connectivity index (χ0v) is 23.1. The maximum Gasteiger partial charge on any atom is 0.192 e. The molecule has 5 aliphatic rings. The summed E-state index contributed by atoms with van der Waals surface area (Å²) in [6.45, 7) is 17.5. The topological polar surface area (TPSA) is 44.8 Å². The highest BCUT2D eigenvalue weighted by atomic mass is 28.4. The van der Waals surface area contributed by atoms with Crippen molar-refractivity contribution in [2.24, 2.45) is 34.0 Å². The van der Waals surface area contributed by atoms with Gasteiger partial charge in [0.05, 0.1) is 19.3 Å². The molecule has 0 aromatic heterocycles. The maximum atomic E-state index is 14.5. The van der Waals surface area contributed by atoms with Gasteiger partial charge in [0.1, 0.15) is 5.78 Å². The van der Waals surface area contributed by atoms with E-state index in [0.29, 0.717) is 37.3 Å². The van der Waals surface area contributed by atoms with Gasteiger partial charge in [-0.1, -0.05) is 54.5 Å². The quantitative estimate of drug-likeness (QED) is 0.337. The number of carbonyl (C=O) groups excluding carboxylic acids is 1. The summed E-state index contributed by atoms with van der Waals surface area (Å²) >= 11 is 0. The minimum absolute atomic E-state index is 0.0479. The lowest BCUT2D eigenvalue weighted by molar-refractivity contribution is -0.238. The standard InChI is InChI=1S/C28H46O4Si/c1-8-33(9-2,10-3)32-23-21-17-20(5)25(23,6)18-22(29)26(7)19(4)11-12-27(21)13-14-28(24(26)27)30-15-16-31-28/h17,19-20,23-24H,8-16,18H2,1-7H3/t19?,20-,23+,24?,25+,26+,27+/m1/s1. The van der Waals surface area contributed by atoms with Crippen LogP contribution in [0.3, 0.4) is 0 Å². The first kappa shape index (κ1) is 24.2. The third-order valence-corrected chi connectivity index (χ3v) is 16.3. The molecule has 4 nitrogen and oxygen atoms in total. The highest BCUT2D eigenvalue weighted by Crippen LogP contribution is 2.73. The van der Waals surface area contributed by atoms with Crippen molar-refractivity contribution in [3.63, 3.8) is 0 Å². The molecule has 0 aromatic rings. The van der Waals surface area contributed by atoms with Crippen LogP contribution in [0.25, 0.3) is 0 Å². The zero-order chi connectivity index (χ0) is 23.9. The number of rotatable bonds is 5. The molecule has 1 heterocycles. The van der Waals surface area contributed by atoms with E-state index in [-0.39, 0.29) is 22.9 Å². The van der Waals surface area contributed by atoms with Gasteiger partial charge in [-0.3, -0.25) is 4.79 Å². The lowest BCUT2D eigenvalue weighted by Crippen LogP contribution is -2.63. The molecule has 5 heteroatoms. The Balaban J connectivity index is 1.71. The molecule has 4 fully saturated rings. The number of ether oxygens (including phenoxy) is 2. The Morgan fingerprint density at radius 3 is 2.27 bits per heavy atom. The fraction of sp³-hybridized carbons (Fsp3) is 0.893. The Bertz CT molecular complexity index is 835. The molecule has 1 aliphatic heterocycles. The fourth-order valence-corrected chi connectivity index (χ4v) is 11.8. The van der Waals surface area contributed by atoms with E-state index in [9.17, 15) is 4.79 Å². The van der Waals surface area contributed by atoms with Gasteiger partial charge >= 0.3 is 0 Å². The van der Waals surface area contributed by atoms with E-state index in [1.165, 1.54) is 5.57 Å². The molecule has 0 aromatic carbocycles. The second kappa shape index (κ2) is 7.75. The summed E-state index contributed by atoms with van der Waals surface area (Å²) in [5.41, 5.74) is 0.904. The second-order valence-corrected chi connectivity index (χ2v) is 17.3. The van der Waals surface area contributed by atoms with Crippen molar-refractivity contribution in [1.29, 1.82) is 0 Å². The van der Waals surface area contributed by atoms with Crippen molar-refractivity contribution in [3.8, 4) is 0 Å². The number of Topliss-reactive ketones (excluding diaryl/α,β-unsaturated/α-hetero) is 1. The van der Waals surface area contributed by atoms with Crippen molar-refractivity contribution in [1.82, 2.24) is 0 Å². The van der Waals surface area contributed by atoms with E-state index in [2.05, 4.69) is 54.5 Å². The van der Waals surface area contributed by atoms with Gasteiger partial charge in [0.15, 0.2) is 14.1 Å². The van der Waals surface area contributed by atoms with Crippen LogP contribution in [0.4, 0.5) is 0 Å². The molecule has 0 amide bonds. The Morgan fingerprint density at radius 2 is 1.67 bits per heavy atom. The largest absolute Gasteiger partial charge is 0.410 e. The normalized spacial score (nSPS) is 46.3. The summed E-state index contributed by atoms with van der Waals surface area (Å²) in [7, 11) is -1.86. The summed E-state index contributed by atoms with van der Waals surface area (Å²) < 4.78 is 20.4. The first-order valence-corrected chi connectivity index (χ1v) is 16.3. The van der Waals surface area contributed by atoms with Gasteiger partial charge in [0, 0.05) is 35.0 Å². The van der Waals surface area contributed by atoms with Crippen LogP contribution in [0.1, 0.15) is 80.6 Å². The van der Waals surface area contributed by atoms with Crippen molar-refractivity contribution < 1.29 is 18.7 Å². The summed E-state index contributed by atoms with van der Waals surface area (Å²) in [5, 5.41) is 0. The van der Waals surface area contributed by atoms with Crippen LogP contribution in [0.15, 0.2) is 11.6 Å². The highest BCUT2D eigenvalue weighted by Gasteiger charge is 2.74. The summed E-state index contributed by atoms with van der Waals surface area (Å²) in [5.74, 6) is 0.605. The summed E-state index contributed by atoms with van der Waals surface area (Å²) in [4.78, 5) is 14.5. The van der Waals surface area contributed by atoms with E-state index < -0.39 is 19.5 Å². The molecule has 1 saturated heterocycles. The number of hydrogen-bond acceptors (Lipinski definition) is 4. The monoisotopic (exact) mass is 474 g/mol. The van der Waals surface area contributed by atoms with E-state index in [0.717, 1.165) is 43.8 Å². The molecule has 2 unspecified atom stereocenters. The number of ketones is 1. The molecule has 186 valence electrons. The molecular formula is C28H46O4Si. The van der Waals surface area contributed by atoms with E-state index in [4.69, 9.17) is 13.9 Å². The maximum absolute atomic E-state index is 14.5. The molecule has 1 spiro atoms. The van der Waals surface area contributed by atoms with Crippen LogP contribution >= 0.6 is 0 Å². The summed E-state index contributed by atoms with van der Waals surface area (Å²) in [6.07, 6.45) is 7.40. The first-order chi connectivity index (χ1) is 15.6. The van der Waals surface area contributed by atoms with Crippen LogP contribution in [0.2, 0.25) is 18.1 Å². The van der Waals surface area contributed by atoms with E-state index in [1.807, 2.05) is 0 Å². The van der Waals surface area contributed by atoms with Gasteiger partial charge in [-0.25, -0.2) is 0 Å². The lowest BCUT2D eigenvalue weighted by atomic mass is 9.45. The predicted molar refractivity (Wildman–Crippen MR) is 133 cm³/mol. The molecule has 0 radical (unpaired) electrons. The average molecular weight is 475 g/mol. The molecule has 0 N–H and O–H groups in total. The molecule has 4 bridgehead atoms. The zero-order valence-electron chi connectivity index (χ0n) is 22.1. The fourth-order valence-electron chi connectivity index (χ4n) is 8.94. The van der Waals surface area contributed by atoms with Gasteiger partial charge in [-0.05, 0) is 54.8 Å². The molecule has 3 saturated carbocycles. The van der Waals surface area contributed by atoms with E-state index >= 15 is 0 Å². The van der Waals surface area contributed by atoms with Crippen molar-refractivity contribution in [3.05, 3.63) is 11.6 Å². The molecule has 7 atom stereocenters. The number of allylic oxidation sites excluding steroid dienone is 1. The van der Waals surface area contributed by atoms with Crippen molar-refractivity contribution in [2.45, 2.75) is 111 Å². The first-order valence-electron chi connectivity index (χ1n) is 13.8. The van der Waals surface area contributed by atoms with Gasteiger partial charge in [-0.2, -0.15) is 0 Å². The Morgan fingerprint density at radius 1 is 1.03 bits per heavy atom. The van der Waals surface area contributed by atoms with Crippen molar-refractivity contribution in [2.75, 3.05) is 13.2 Å². The predicted octanol–water partition coefficient (Wildman–Crippen LogP) is 6.51. The minimum Gasteiger partial charge on any atom is -0.410 e. The molecule has 33 heavy (non-hydrogen) atoms. The average Bonchev–Trinajstić information content (AvgIpc) is 3.47. The van der Waals surface area contributed by atoms with Crippen LogP contribution < -0.4 is 0 Å². The van der Waals surface area contributed by atoms with Crippen LogP contribution in [-0.2, 0) is 18.7 Å². The number of hydrogen-bond donors (Lipinski definition) is 0. The Kier molecular flexibility index (Phi) is 5.69. The third-order valence-electron chi connectivity index (χ3n) is 11.7. The van der Waals surface area contributed by atoms with Gasteiger partial charge in [-0.15, -0.1) is 0 Å². The molecule has 4 aliphatic carbocycles. The Hall–Kier alpha value is -0.493. The third kappa shape index (κ3) is 2.95. The van der Waals surface area contributed by atoms with Crippen LogP contribution in [-0.4, -0.2) is 39.2 Å². The number of carbonyl (C=O) groups is 1. The smallest absolute Gasteiger partial charge is 0.192 e. The van der Waals surface area contributed by atoms with Gasteiger partial charge in [0.25, 0.3) is 0 Å². The van der Waals surface area contributed by atoms with Gasteiger partial charge < -0.3 is 13.9 Å².